The number of rotatable bonds is 6. The number of nitrogens with zero attached hydrogens (tertiary/aromatic N) is 1. The molecule has 0 radical (unpaired) electrons. The van der Waals surface area contributed by atoms with E-state index in [4.69, 9.17) is 4.74 Å². The molecule has 0 saturated carbocycles. The summed E-state index contributed by atoms with van der Waals surface area (Å²) in [6, 6.07) is 14.8. The first-order chi connectivity index (χ1) is 12.5. The maximum absolute atomic E-state index is 12.1. The van der Waals surface area contributed by atoms with Gasteiger partial charge in [0.2, 0.25) is 0 Å². The van der Waals surface area contributed by atoms with Crippen LogP contribution in [0.25, 0.3) is 11.3 Å². The SMILES string of the molecule is CC(=O)c1cccc(OCC(=O)Nc2nc(-c3ccc(C)cc3)cs2)c1. The van der Waals surface area contributed by atoms with Crippen LogP contribution >= 0.6 is 11.3 Å². The van der Waals surface area contributed by atoms with Crippen molar-refractivity contribution in [3.8, 4) is 17.0 Å². The highest BCUT2D eigenvalue weighted by Gasteiger charge is 2.09. The number of anilines is 1. The van der Waals surface area contributed by atoms with Crippen molar-refractivity contribution in [2.75, 3.05) is 11.9 Å². The van der Waals surface area contributed by atoms with Crippen molar-refractivity contribution in [3.05, 3.63) is 65.0 Å². The molecule has 0 aliphatic carbocycles. The highest BCUT2D eigenvalue weighted by atomic mass is 32.1. The summed E-state index contributed by atoms with van der Waals surface area (Å²) in [5.41, 5.74) is 3.55. The van der Waals surface area contributed by atoms with Crippen molar-refractivity contribution in [2.24, 2.45) is 0 Å². The van der Waals surface area contributed by atoms with Gasteiger partial charge in [0.1, 0.15) is 5.75 Å². The zero-order valence-corrected chi connectivity index (χ0v) is 15.3. The number of hydrogen-bond donors (Lipinski definition) is 1. The van der Waals surface area contributed by atoms with Crippen molar-refractivity contribution in [2.45, 2.75) is 13.8 Å². The van der Waals surface area contributed by atoms with Crippen LogP contribution in [0.3, 0.4) is 0 Å². The van der Waals surface area contributed by atoms with Gasteiger partial charge < -0.3 is 4.74 Å². The van der Waals surface area contributed by atoms with Crippen LogP contribution in [-0.4, -0.2) is 23.3 Å². The molecule has 1 heterocycles. The molecule has 1 aromatic heterocycles. The number of thiazole rings is 1. The number of carbonyl (C=O) groups is 2. The molecule has 3 aromatic rings. The number of Topliss-reactive ketones (excluding diaryl/α,β-unsaturated/α-hetero) is 1. The predicted molar refractivity (Wildman–Crippen MR) is 103 cm³/mol. The number of carbonyl (C=O) groups excluding carboxylic acids is 2. The molecule has 0 aliphatic rings. The third-order valence-electron chi connectivity index (χ3n) is 3.71. The van der Waals surface area contributed by atoms with Crippen molar-refractivity contribution in [1.82, 2.24) is 4.98 Å². The van der Waals surface area contributed by atoms with Crippen molar-refractivity contribution < 1.29 is 14.3 Å². The van der Waals surface area contributed by atoms with Gasteiger partial charge in [0.25, 0.3) is 5.91 Å². The quantitative estimate of drug-likeness (QED) is 0.659. The number of hydrogen-bond acceptors (Lipinski definition) is 5. The van der Waals surface area contributed by atoms with Crippen LogP contribution in [0.2, 0.25) is 0 Å². The second kappa shape index (κ2) is 7.93. The van der Waals surface area contributed by atoms with Crippen molar-refractivity contribution in [3.63, 3.8) is 0 Å². The van der Waals surface area contributed by atoms with E-state index in [9.17, 15) is 9.59 Å². The number of ketones is 1. The fourth-order valence-electron chi connectivity index (χ4n) is 2.30. The molecule has 0 atom stereocenters. The number of benzene rings is 2. The first kappa shape index (κ1) is 17.8. The van der Waals surface area contributed by atoms with Crippen molar-refractivity contribution in [1.29, 1.82) is 0 Å². The Morgan fingerprint density at radius 1 is 1.15 bits per heavy atom. The molecule has 6 heteroatoms. The monoisotopic (exact) mass is 366 g/mol. The molecule has 2 aromatic carbocycles. The minimum Gasteiger partial charge on any atom is -0.484 e. The third-order valence-corrected chi connectivity index (χ3v) is 4.47. The van der Waals surface area contributed by atoms with Gasteiger partial charge in [-0.05, 0) is 26.0 Å². The fraction of sp³-hybridized carbons (Fsp3) is 0.150. The fourth-order valence-corrected chi connectivity index (χ4v) is 3.03. The van der Waals surface area contributed by atoms with Crippen LogP contribution in [0.4, 0.5) is 5.13 Å². The van der Waals surface area contributed by atoms with Crippen LogP contribution in [0.15, 0.2) is 53.9 Å². The number of amides is 1. The van der Waals surface area contributed by atoms with E-state index in [1.807, 2.05) is 36.6 Å². The minimum atomic E-state index is -0.303. The lowest BCUT2D eigenvalue weighted by Gasteiger charge is -2.06. The Morgan fingerprint density at radius 2 is 1.92 bits per heavy atom. The lowest BCUT2D eigenvalue weighted by Crippen LogP contribution is -2.20. The van der Waals surface area contributed by atoms with E-state index in [1.165, 1.54) is 23.8 Å². The van der Waals surface area contributed by atoms with E-state index in [0.29, 0.717) is 16.4 Å². The van der Waals surface area contributed by atoms with Gasteiger partial charge >= 0.3 is 0 Å². The lowest BCUT2D eigenvalue weighted by atomic mass is 10.1. The number of aryl methyl sites for hydroxylation is 1. The number of nitrogens with one attached hydrogen (secondary N) is 1. The van der Waals surface area contributed by atoms with Gasteiger partial charge in [-0.25, -0.2) is 4.98 Å². The molecular formula is C20H18N2O3S. The van der Waals surface area contributed by atoms with Crippen LogP contribution < -0.4 is 10.1 Å². The summed E-state index contributed by atoms with van der Waals surface area (Å²) >= 11 is 1.36. The van der Waals surface area contributed by atoms with Gasteiger partial charge in [0, 0.05) is 16.5 Å². The molecule has 3 rings (SSSR count). The first-order valence-electron chi connectivity index (χ1n) is 8.07. The van der Waals surface area contributed by atoms with Crippen molar-refractivity contribution >= 4 is 28.2 Å². The Bertz CT molecular complexity index is 932. The van der Waals surface area contributed by atoms with E-state index < -0.39 is 0 Å². The van der Waals surface area contributed by atoms with Gasteiger partial charge in [-0.3, -0.25) is 14.9 Å². The summed E-state index contributed by atoms with van der Waals surface area (Å²) < 4.78 is 5.45. The molecule has 1 N–H and O–H groups in total. The number of ether oxygens (including phenoxy) is 1. The van der Waals surface area contributed by atoms with Gasteiger partial charge in [-0.2, -0.15) is 0 Å². The molecule has 0 saturated heterocycles. The molecule has 5 nitrogen and oxygen atoms in total. The molecule has 0 aliphatic heterocycles. The molecule has 132 valence electrons. The molecule has 0 spiro atoms. The zero-order chi connectivity index (χ0) is 18.5. The van der Waals surface area contributed by atoms with E-state index in [-0.39, 0.29) is 18.3 Å². The van der Waals surface area contributed by atoms with Gasteiger partial charge in [-0.15, -0.1) is 11.3 Å². The average molecular weight is 366 g/mol. The standard InChI is InChI=1S/C20H18N2O3S/c1-13-6-8-15(9-7-13)18-12-26-20(21-18)22-19(24)11-25-17-5-3-4-16(10-17)14(2)23/h3-10,12H,11H2,1-2H3,(H,21,22,24). The van der Waals surface area contributed by atoms with E-state index >= 15 is 0 Å². The highest BCUT2D eigenvalue weighted by Crippen LogP contribution is 2.25. The maximum Gasteiger partial charge on any atom is 0.264 e. The highest BCUT2D eigenvalue weighted by molar-refractivity contribution is 7.14. The second-order valence-electron chi connectivity index (χ2n) is 5.82. The van der Waals surface area contributed by atoms with Gasteiger partial charge in [0.15, 0.2) is 17.5 Å². The summed E-state index contributed by atoms with van der Waals surface area (Å²) in [4.78, 5) is 27.9. The first-order valence-corrected chi connectivity index (χ1v) is 8.95. The number of aromatic nitrogens is 1. The van der Waals surface area contributed by atoms with Crippen LogP contribution in [-0.2, 0) is 4.79 Å². The molecule has 26 heavy (non-hydrogen) atoms. The van der Waals surface area contributed by atoms with E-state index in [0.717, 1.165) is 11.3 Å². The molecule has 0 unspecified atom stereocenters. The Kier molecular flexibility index (Phi) is 5.43. The summed E-state index contributed by atoms with van der Waals surface area (Å²) in [7, 11) is 0. The van der Waals surface area contributed by atoms with Gasteiger partial charge in [0.05, 0.1) is 5.69 Å². The Morgan fingerprint density at radius 3 is 2.65 bits per heavy atom. The largest absolute Gasteiger partial charge is 0.484 e. The van der Waals surface area contributed by atoms with Crippen LogP contribution in [0, 0.1) is 6.92 Å². The maximum atomic E-state index is 12.1. The zero-order valence-electron chi connectivity index (χ0n) is 14.5. The van der Waals surface area contributed by atoms with Gasteiger partial charge in [-0.1, -0.05) is 42.0 Å². The Balaban J connectivity index is 1.58. The molecule has 0 fully saturated rings. The summed E-state index contributed by atoms with van der Waals surface area (Å²) in [5, 5.41) is 5.15. The summed E-state index contributed by atoms with van der Waals surface area (Å²) in [5.74, 6) is 0.127. The molecule has 1 amide bonds. The van der Waals surface area contributed by atoms with E-state index in [2.05, 4.69) is 10.3 Å². The summed E-state index contributed by atoms with van der Waals surface area (Å²) in [6.45, 7) is 3.36. The Hall–Kier alpha value is -2.99. The molecule has 0 bridgehead atoms. The summed E-state index contributed by atoms with van der Waals surface area (Å²) in [6.07, 6.45) is 0. The van der Waals surface area contributed by atoms with Crippen LogP contribution in [0.1, 0.15) is 22.8 Å². The van der Waals surface area contributed by atoms with Crippen LogP contribution in [0.5, 0.6) is 5.75 Å². The Labute approximate surface area is 155 Å². The second-order valence-corrected chi connectivity index (χ2v) is 6.68. The minimum absolute atomic E-state index is 0.0497. The average Bonchev–Trinajstić information content (AvgIpc) is 3.09. The smallest absolute Gasteiger partial charge is 0.264 e. The van der Waals surface area contributed by atoms with E-state index in [1.54, 1.807) is 24.3 Å². The molecular weight excluding hydrogens is 348 g/mol. The lowest BCUT2D eigenvalue weighted by molar-refractivity contribution is -0.118. The topological polar surface area (TPSA) is 68.3 Å². The predicted octanol–water partition coefficient (Wildman–Crippen LogP) is 4.34. The normalized spacial score (nSPS) is 10.4. The third kappa shape index (κ3) is 4.55.